The predicted molar refractivity (Wildman–Crippen MR) is 80.8 cm³/mol. The molecule has 0 fully saturated rings. The Morgan fingerprint density at radius 2 is 1.83 bits per heavy atom. The zero-order valence-electron chi connectivity index (χ0n) is 9.94. The third-order valence-electron chi connectivity index (χ3n) is 2.95. The van der Waals surface area contributed by atoms with Gasteiger partial charge in [0, 0.05) is 15.5 Å². The maximum atomic E-state index is 6.20. The summed E-state index contributed by atoms with van der Waals surface area (Å²) in [6.45, 7) is 0. The van der Waals surface area contributed by atoms with Gasteiger partial charge in [-0.15, -0.1) is 0 Å². The maximum absolute atomic E-state index is 6.20. The number of aryl methyl sites for hydroxylation is 1. The first-order chi connectivity index (χ1) is 8.66. The number of nitrogens with two attached hydrogens (primary N) is 1. The molecule has 2 aromatic rings. The zero-order valence-corrected chi connectivity index (χ0v) is 12.3. The Morgan fingerprint density at radius 1 is 1.11 bits per heavy atom. The van der Waals surface area contributed by atoms with Crippen LogP contribution >= 0.6 is 27.5 Å². The topological polar surface area (TPSA) is 26.0 Å². The van der Waals surface area contributed by atoms with Gasteiger partial charge in [-0.1, -0.05) is 63.9 Å². The van der Waals surface area contributed by atoms with E-state index in [-0.39, 0.29) is 6.04 Å². The smallest absolute Gasteiger partial charge is 0.0464 e. The van der Waals surface area contributed by atoms with Crippen LogP contribution in [0, 0.1) is 0 Å². The average Bonchev–Trinajstić information content (AvgIpc) is 2.37. The van der Waals surface area contributed by atoms with Gasteiger partial charge in [0.05, 0.1) is 0 Å². The summed E-state index contributed by atoms with van der Waals surface area (Å²) in [5.41, 5.74) is 8.51. The molecular formula is C15H15BrClN. The normalized spacial score (nSPS) is 12.4. The van der Waals surface area contributed by atoms with E-state index in [0.717, 1.165) is 27.9 Å². The van der Waals surface area contributed by atoms with Gasteiger partial charge in [-0.3, -0.25) is 0 Å². The molecule has 0 radical (unpaired) electrons. The van der Waals surface area contributed by atoms with Gasteiger partial charge < -0.3 is 5.73 Å². The van der Waals surface area contributed by atoms with E-state index in [2.05, 4.69) is 28.1 Å². The first-order valence-electron chi connectivity index (χ1n) is 5.91. The van der Waals surface area contributed by atoms with Crippen molar-refractivity contribution in [1.29, 1.82) is 0 Å². The summed E-state index contributed by atoms with van der Waals surface area (Å²) in [5.74, 6) is 0. The van der Waals surface area contributed by atoms with Crippen molar-refractivity contribution in [3.05, 3.63) is 69.2 Å². The van der Waals surface area contributed by atoms with E-state index in [1.807, 2.05) is 36.4 Å². The monoisotopic (exact) mass is 323 g/mol. The first kappa shape index (κ1) is 13.6. The fourth-order valence-electron chi connectivity index (χ4n) is 1.92. The Labute approximate surface area is 121 Å². The van der Waals surface area contributed by atoms with E-state index in [4.69, 9.17) is 17.3 Å². The van der Waals surface area contributed by atoms with Crippen molar-refractivity contribution < 1.29 is 0 Å². The van der Waals surface area contributed by atoms with Crippen molar-refractivity contribution in [3.8, 4) is 0 Å². The first-order valence-corrected chi connectivity index (χ1v) is 7.08. The molecule has 0 aliphatic heterocycles. The lowest BCUT2D eigenvalue weighted by Gasteiger charge is -2.14. The molecule has 0 saturated carbocycles. The molecule has 1 unspecified atom stereocenters. The van der Waals surface area contributed by atoms with Crippen molar-refractivity contribution >= 4 is 27.5 Å². The number of benzene rings is 2. The van der Waals surface area contributed by atoms with Crippen LogP contribution in [-0.2, 0) is 6.42 Å². The highest BCUT2D eigenvalue weighted by molar-refractivity contribution is 9.10. The van der Waals surface area contributed by atoms with E-state index in [1.54, 1.807) is 0 Å². The molecule has 0 bridgehead atoms. The van der Waals surface area contributed by atoms with Gasteiger partial charge in [-0.25, -0.2) is 0 Å². The summed E-state index contributed by atoms with van der Waals surface area (Å²) < 4.78 is 0.978. The van der Waals surface area contributed by atoms with Gasteiger partial charge in [0.1, 0.15) is 0 Å². The fourth-order valence-corrected chi connectivity index (χ4v) is 2.74. The van der Waals surface area contributed by atoms with Crippen molar-refractivity contribution in [3.63, 3.8) is 0 Å². The second-order valence-electron chi connectivity index (χ2n) is 4.30. The van der Waals surface area contributed by atoms with Crippen molar-refractivity contribution in [2.45, 2.75) is 18.9 Å². The average molecular weight is 325 g/mol. The van der Waals surface area contributed by atoms with E-state index >= 15 is 0 Å². The van der Waals surface area contributed by atoms with Crippen LogP contribution in [0.2, 0.25) is 5.02 Å². The zero-order chi connectivity index (χ0) is 13.0. The molecule has 2 rings (SSSR count). The van der Waals surface area contributed by atoms with Gasteiger partial charge in [-0.2, -0.15) is 0 Å². The Bertz CT molecular complexity index is 513. The molecule has 18 heavy (non-hydrogen) atoms. The lowest BCUT2D eigenvalue weighted by atomic mass is 10.00. The standard InChI is InChI=1S/C15H15BrClN/c16-12-7-8-13(14(17)10-12)15(18)9-6-11-4-2-1-3-5-11/h1-5,7-8,10,15H,6,9,18H2. The largest absolute Gasteiger partial charge is 0.324 e. The van der Waals surface area contributed by atoms with Crippen LogP contribution in [0.15, 0.2) is 53.0 Å². The van der Waals surface area contributed by atoms with E-state index in [9.17, 15) is 0 Å². The van der Waals surface area contributed by atoms with Gasteiger partial charge >= 0.3 is 0 Å². The summed E-state index contributed by atoms with van der Waals surface area (Å²) in [7, 11) is 0. The lowest BCUT2D eigenvalue weighted by molar-refractivity contribution is 0.651. The molecule has 0 saturated heterocycles. The van der Waals surface area contributed by atoms with E-state index < -0.39 is 0 Å². The molecule has 0 spiro atoms. The summed E-state index contributed by atoms with van der Waals surface area (Å²) in [6.07, 6.45) is 1.86. The van der Waals surface area contributed by atoms with Crippen LogP contribution in [0.25, 0.3) is 0 Å². The van der Waals surface area contributed by atoms with Crippen molar-refractivity contribution in [2.24, 2.45) is 5.73 Å². The molecule has 0 aliphatic carbocycles. The molecule has 1 nitrogen and oxygen atoms in total. The van der Waals surface area contributed by atoms with Gasteiger partial charge in [0.2, 0.25) is 0 Å². The minimum absolute atomic E-state index is 0.0224. The summed E-state index contributed by atoms with van der Waals surface area (Å²) >= 11 is 9.59. The minimum atomic E-state index is -0.0224. The second kappa shape index (κ2) is 6.37. The Kier molecular flexibility index (Phi) is 4.81. The molecule has 3 heteroatoms. The van der Waals surface area contributed by atoms with Crippen LogP contribution in [0.1, 0.15) is 23.6 Å². The van der Waals surface area contributed by atoms with Gasteiger partial charge in [0.15, 0.2) is 0 Å². The Hall–Kier alpha value is -0.830. The van der Waals surface area contributed by atoms with Crippen LogP contribution in [0.4, 0.5) is 0 Å². The molecule has 0 heterocycles. The lowest BCUT2D eigenvalue weighted by Crippen LogP contribution is -2.11. The second-order valence-corrected chi connectivity index (χ2v) is 5.62. The van der Waals surface area contributed by atoms with Crippen LogP contribution < -0.4 is 5.73 Å². The molecule has 0 amide bonds. The summed E-state index contributed by atoms with van der Waals surface area (Å²) in [4.78, 5) is 0. The fraction of sp³-hybridized carbons (Fsp3) is 0.200. The quantitative estimate of drug-likeness (QED) is 0.864. The molecule has 0 aromatic heterocycles. The molecule has 94 valence electrons. The number of hydrogen-bond donors (Lipinski definition) is 1. The highest BCUT2D eigenvalue weighted by Gasteiger charge is 2.10. The number of halogens is 2. The Balaban J connectivity index is 2.01. The highest BCUT2D eigenvalue weighted by atomic mass is 79.9. The Morgan fingerprint density at radius 3 is 2.50 bits per heavy atom. The minimum Gasteiger partial charge on any atom is -0.324 e. The molecule has 2 aromatic carbocycles. The summed E-state index contributed by atoms with van der Waals surface area (Å²) in [6, 6.07) is 16.2. The summed E-state index contributed by atoms with van der Waals surface area (Å²) in [5, 5.41) is 0.727. The molecule has 1 atom stereocenters. The van der Waals surface area contributed by atoms with Crippen molar-refractivity contribution in [2.75, 3.05) is 0 Å². The van der Waals surface area contributed by atoms with Crippen LogP contribution in [-0.4, -0.2) is 0 Å². The third kappa shape index (κ3) is 3.58. The highest BCUT2D eigenvalue weighted by Crippen LogP contribution is 2.27. The molecule has 2 N–H and O–H groups in total. The number of rotatable bonds is 4. The molecule has 0 aliphatic rings. The predicted octanol–water partition coefficient (Wildman–Crippen LogP) is 4.74. The maximum Gasteiger partial charge on any atom is 0.0464 e. The van der Waals surface area contributed by atoms with Crippen molar-refractivity contribution in [1.82, 2.24) is 0 Å². The SMILES string of the molecule is NC(CCc1ccccc1)c1ccc(Br)cc1Cl. The third-order valence-corrected chi connectivity index (χ3v) is 3.77. The van der Waals surface area contributed by atoms with Crippen LogP contribution in [0.5, 0.6) is 0 Å². The van der Waals surface area contributed by atoms with E-state index in [0.29, 0.717) is 0 Å². The van der Waals surface area contributed by atoms with E-state index in [1.165, 1.54) is 5.56 Å². The van der Waals surface area contributed by atoms with Gasteiger partial charge in [-0.05, 0) is 36.1 Å². The molecular weight excluding hydrogens is 310 g/mol. The number of hydrogen-bond acceptors (Lipinski definition) is 1. The van der Waals surface area contributed by atoms with Gasteiger partial charge in [0.25, 0.3) is 0 Å². The van der Waals surface area contributed by atoms with Crippen LogP contribution in [0.3, 0.4) is 0 Å².